The molecule has 2 aromatic heterocycles. The van der Waals surface area contributed by atoms with E-state index >= 15 is 0 Å². The number of benzene rings is 1. The molecule has 0 atom stereocenters. The Hall–Kier alpha value is -1.50. The van der Waals surface area contributed by atoms with Gasteiger partial charge in [-0.25, -0.2) is 15.0 Å². The molecule has 0 amide bonds. The summed E-state index contributed by atoms with van der Waals surface area (Å²) in [7, 11) is 0. The van der Waals surface area contributed by atoms with Crippen LogP contribution in [0.2, 0.25) is 10.4 Å². The Balaban J connectivity index is 2.08. The van der Waals surface area contributed by atoms with Gasteiger partial charge in [-0.2, -0.15) is 0 Å². The van der Waals surface area contributed by atoms with Crippen LogP contribution in [0.4, 0.5) is 0 Å². The third-order valence-electron chi connectivity index (χ3n) is 2.29. The van der Waals surface area contributed by atoms with Crippen molar-refractivity contribution in [2.75, 3.05) is 0 Å². The summed E-state index contributed by atoms with van der Waals surface area (Å²) in [5, 5.41) is 9.64. The highest BCUT2D eigenvalue weighted by atomic mass is 35.5. The quantitative estimate of drug-likeness (QED) is 0.677. The molecule has 0 aliphatic rings. The van der Waals surface area contributed by atoms with Crippen LogP contribution in [0, 0.1) is 0 Å². The predicted molar refractivity (Wildman–Crippen MR) is 73.5 cm³/mol. The van der Waals surface area contributed by atoms with Crippen LogP contribution >= 0.6 is 35.0 Å². The van der Waals surface area contributed by atoms with Crippen LogP contribution in [0.5, 0.6) is 0 Å². The van der Waals surface area contributed by atoms with E-state index in [0.717, 1.165) is 15.9 Å². The Morgan fingerprint density at radius 1 is 0.947 bits per heavy atom. The van der Waals surface area contributed by atoms with Gasteiger partial charge in [-0.05, 0) is 29.4 Å². The van der Waals surface area contributed by atoms with E-state index < -0.39 is 0 Å². The van der Waals surface area contributed by atoms with E-state index in [-0.39, 0.29) is 10.4 Å². The Bertz CT molecular complexity index is 747. The largest absolute Gasteiger partial charge is 0.244 e. The van der Waals surface area contributed by atoms with Crippen molar-refractivity contribution in [3.8, 4) is 0 Å². The molecule has 1 aromatic carbocycles. The number of para-hydroxylation sites is 1. The zero-order valence-electron chi connectivity index (χ0n) is 9.29. The summed E-state index contributed by atoms with van der Waals surface area (Å²) in [6, 6.07) is 7.68. The molecule has 0 spiro atoms. The second-order valence-electron chi connectivity index (χ2n) is 3.47. The van der Waals surface area contributed by atoms with Crippen molar-refractivity contribution in [1.29, 1.82) is 0 Å². The lowest BCUT2D eigenvalue weighted by Crippen LogP contribution is -1.93. The van der Waals surface area contributed by atoms with Crippen LogP contribution in [0.15, 0.2) is 40.6 Å². The van der Waals surface area contributed by atoms with Gasteiger partial charge in [0.05, 0.1) is 5.52 Å². The maximum Gasteiger partial charge on any atom is 0.244 e. The lowest BCUT2D eigenvalue weighted by Gasteiger charge is -2.04. The van der Waals surface area contributed by atoms with Gasteiger partial charge in [0.1, 0.15) is 16.4 Å². The van der Waals surface area contributed by atoms with Crippen molar-refractivity contribution >= 4 is 45.9 Å². The van der Waals surface area contributed by atoms with Gasteiger partial charge in [0.2, 0.25) is 5.28 Å². The lowest BCUT2D eigenvalue weighted by molar-refractivity contribution is 0.903. The minimum atomic E-state index is 0.0465. The Morgan fingerprint density at radius 2 is 1.79 bits per heavy atom. The van der Waals surface area contributed by atoms with E-state index in [1.165, 1.54) is 18.1 Å². The Labute approximate surface area is 122 Å². The molecule has 3 aromatic rings. The van der Waals surface area contributed by atoms with E-state index in [0.29, 0.717) is 5.03 Å². The molecule has 0 aliphatic carbocycles. The summed E-state index contributed by atoms with van der Waals surface area (Å²) in [5.41, 5.74) is 0.851. The molecule has 0 N–H and O–H groups in total. The third kappa shape index (κ3) is 2.60. The molecule has 0 bridgehead atoms. The number of hydrogen-bond donors (Lipinski definition) is 0. The van der Waals surface area contributed by atoms with Crippen molar-refractivity contribution in [1.82, 2.24) is 25.1 Å². The van der Waals surface area contributed by atoms with Crippen molar-refractivity contribution in [2.24, 2.45) is 0 Å². The lowest BCUT2D eigenvalue weighted by atomic mass is 10.2. The third-order valence-corrected chi connectivity index (χ3v) is 3.81. The Kier molecular flexibility index (Phi) is 3.46. The molecule has 0 fully saturated rings. The fourth-order valence-corrected chi connectivity index (χ4v) is 2.69. The van der Waals surface area contributed by atoms with E-state index in [1.807, 2.05) is 24.3 Å². The molecule has 19 heavy (non-hydrogen) atoms. The number of rotatable bonds is 2. The fourth-order valence-electron chi connectivity index (χ4n) is 1.50. The summed E-state index contributed by atoms with van der Waals surface area (Å²) in [5.74, 6) is 0. The van der Waals surface area contributed by atoms with Gasteiger partial charge in [-0.1, -0.05) is 29.8 Å². The number of fused-ring (bicyclic) bond motifs is 1. The fraction of sp³-hybridized carbons (Fsp3) is 0. The van der Waals surface area contributed by atoms with Gasteiger partial charge >= 0.3 is 0 Å². The minimum absolute atomic E-state index is 0.0465. The molecule has 0 saturated heterocycles. The van der Waals surface area contributed by atoms with Crippen molar-refractivity contribution < 1.29 is 0 Å². The molecule has 94 valence electrons. The minimum Gasteiger partial charge on any atom is -0.236 e. The van der Waals surface area contributed by atoms with Crippen molar-refractivity contribution in [3.05, 3.63) is 41.0 Å². The van der Waals surface area contributed by atoms with Crippen LogP contribution < -0.4 is 0 Å². The second-order valence-corrected chi connectivity index (χ2v) is 5.15. The van der Waals surface area contributed by atoms with Crippen molar-refractivity contribution in [2.45, 2.75) is 10.1 Å². The summed E-state index contributed by atoms with van der Waals surface area (Å²) in [6.07, 6.45) is 1.49. The molecule has 8 heteroatoms. The number of hydrogen-bond acceptors (Lipinski definition) is 6. The number of nitrogens with zero attached hydrogens (tertiary/aromatic N) is 5. The van der Waals surface area contributed by atoms with Gasteiger partial charge in [0.15, 0.2) is 5.15 Å². The van der Waals surface area contributed by atoms with Crippen LogP contribution in [0.25, 0.3) is 10.9 Å². The highest BCUT2D eigenvalue weighted by Crippen LogP contribution is 2.32. The first-order chi connectivity index (χ1) is 9.24. The normalized spacial score (nSPS) is 10.8. The molecular formula is C11H5Cl2N5S. The van der Waals surface area contributed by atoms with Gasteiger partial charge in [0.25, 0.3) is 0 Å². The Morgan fingerprint density at radius 3 is 2.68 bits per heavy atom. The average molecular weight is 310 g/mol. The van der Waals surface area contributed by atoms with Crippen LogP contribution in [0.1, 0.15) is 0 Å². The topological polar surface area (TPSA) is 64.5 Å². The molecule has 3 rings (SSSR count). The highest BCUT2D eigenvalue weighted by Gasteiger charge is 2.11. The molecule has 2 heterocycles. The maximum absolute atomic E-state index is 5.94. The average Bonchev–Trinajstić information content (AvgIpc) is 2.43. The van der Waals surface area contributed by atoms with Crippen LogP contribution in [0.3, 0.4) is 0 Å². The van der Waals surface area contributed by atoms with E-state index in [2.05, 4.69) is 25.1 Å². The molecule has 0 radical (unpaired) electrons. The zero-order valence-corrected chi connectivity index (χ0v) is 11.6. The van der Waals surface area contributed by atoms with Gasteiger partial charge in [-0.15, -0.1) is 10.2 Å². The van der Waals surface area contributed by atoms with Crippen LogP contribution in [-0.2, 0) is 0 Å². The SMILES string of the molecule is Clc1nnc(Cl)c(Sc2ncnc3ccccc23)n1. The number of aromatic nitrogens is 5. The van der Waals surface area contributed by atoms with E-state index in [1.54, 1.807) is 0 Å². The predicted octanol–water partition coefficient (Wildman–Crippen LogP) is 3.27. The summed E-state index contributed by atoms with van der Waals surface area (Å²) < 4.78 is 0. The monoisotopic (exact) mass is 309 g/mol. The van der Waals surface area contributed by atoms with E-state index in [9.17, 15) is 0 Å². The standard InChI is InChI=1S/C11H5Cl2N5S/c12-8-10(16-11(13)18-17-8)19-9-6-3-1-2-4-7(6)14-5-15-9/h1-5H. The van der Waals surface area contributed by atoms with Gasteiger partial charge in [-0.3, -0.25) is 0 Å². The van der Waals surface area contributed by atoms with Gasteiger partial charge in [0, 0.05) is 5.39 Å². The van der Waals surface area contributed by atoms with Crippen LogP contribution in [-0.4, -0.2) is 25.1 Å². The first kappa shape index (κ1) is 12.5. The van der Waals surface area contributed by atoms with Gasteiger partial charge < -0.3 is 0 Å². The molecular weight excluding hydrogens is 305 g/mol. The molecule has 0 aliphatic heterocycles. The first-order valence-electron chi connectivity index (χ1n) is 5.17. The maximum atomic E-state index is 5.94. The summed E-state index contributed by atoms with van der Waals surface area (Å²) in [6.45, 7) is 0. The summed E-state index contributed by atoms with van der Waals surface area (Å²) in [4.78, 5) is 12.5. The molecule has 0 unspecified atom stereocenters. The highest BCUT2D eigenvalue weighted by molar-refractivity contribution is 7.99. The van der Waals surface area contributed by atoms with E-state index in [4.69, 9.17) is 23.2 Å². The van der Waals surface area contributed by atoms with Crippen molar-refractivity contribution in [3.63, 3.8) is 0 Å². The molecule has 0 saturated carbocycles. The zero-order chi connectivity index (χ0) is 13.2. The number of halogens is 2. The molecule has 5 nitrogen and oxygen atoms in total. The smallest absolute Gasteiger partial charge is 0.236 e. The second kappa shape index (κ2) is 5.24. The summed E-state index contributed by atoms with van der Waals surface area (Å²) >= 11 is 12.9. The first-order valence-corrected chi connectivity index (χ1v) is 6.74.